The predicted octanol–water partition coefficient (Wildman–Crippen LogP) is 3.97. The summed E-state index contributed by atoms with van der Waals surface area (Å²) in [6.07, 6.45) is 10.0. The summed E-state index contributed by atoms with van der Waals surface area (Å²) in [6, 6.07) is 11.5. The van der Waals surface area contributed by atoms with E-state index in [2.05, 4.69) is 25.0 Å². The maximum absolute atomic E-state index is 12.8. The number of carbonyl (C=O) groups is 1. The molecule has 1 saturated carbocycles. The highest BCUT2D eigenvalue weighted by molar-refractivity contribution is 6.04. The first kappa shape index (κ1) is 20.8. The van der Waals surface area contributed by atoms with Crippen molar-refractivity contribution in [3.63, 3.8) is 0 Å². The Kier molecular flexibility index (Phi) is 5.22. The number of amides is 1. The molecule has 2 aliphatic rings. The zero-order valence-corrected chi connectivity index (χ0v) is 18.9. The molecule has 1 amide bonds. The largest absolute Gasteiger partial charge is 0.382 e. The lowest BCUT2D eigenvalue weighted by molar-refractivity contribution is 0.102. The van der Waals surface area contributed by atoms with Gasteiger partial charge in [0.2, 0.25) is 0 Å². The third kappa shape index (κ3) is 3.90. The molecule has 6 rings (SSSR count). The number of imidazole rings is 1. The van der Waals surface area contributed by atoms with Crippen molar-refractivity contribution in [3.8, 4) is 11.3 Å². The molecule has 1 atom stereocenters. The van der Waals surface area contributed by atoms with E-state index in [4.69, 9.17) is 10.7 Å². The van der Waals surface area contributed by atoms with Gasteiger partial charge in [0.1, 0.15) is 28.7 Å². The molecule has 1 aliphatic carbocycles. The van der Waals surface area contributed by atoms with Crippen molar-refractivity contribution in [3.05, 3.63) is 71.9 Å². The van der Waals surface area contributed by atoms with Crippen LogP contribution in [0.25, 0.3) is 16.8 Å². The van der Waals surface area contributed by atoms with Gasteiger partial charge in [0.05, 0.1) is 0 Å². The molecule has 4 heterocycles. The normalized spacial score (nSPS) is 18.2. The first-order chi connectivity index (χ1) is 16.7. The molecule has 1 unspecified atom stereocenters. The average molecular weight is 454 g/mol. The SMILES string of the molecule is Nc1nccn2c(C3CCCNC3)nc(-c3ccc(C(=O)Nc4cc(C5CC5)ccn4)cc3)c12. The van der Waals surface area contributed by atoms with Gasteiger partial charge in [0.25, 0.3) is 5.91 Å². The molecule has 1 aliphatic heterocycles. The highest BCUT2D eigenvalue weighted by atomic mass is 16.1. The number of aromatic nitrogens is 4. The number of hydrogen-bond donors (Lipinski definition) is 3. The number of hydrogen-bond acceptors (Lipinski definition) is 6. The lowest BCUT2D eigenvalue weighted by Gasteiger charge is -2.21. The minimum atomic E-state index is -0.183. The van der Waals surface area contributed by atoms with Crippen molar-refractivity contribution < 1.29 is 4.79 Å². The summed E-state index contributed by atoms with van der Waals surface area (Å²) in [5.74, 6) is 2.78. The van der Waals surface area contributed by atoms with Crippen LogP contribution in [0.3, 0.4) is 0 Å². The van der Waals surface area contributed by atoms with Gasteiger partial charge in [-0.05, 0) is 68.0 Å². The van der Waals surface area contributed by atoms with Gasteiger partial charge in [-0.15, -0.1) is 0 Å². The van der Waals surface area contributed by atoms with Crippen LogP contribution in [-0.4, -0.2) is 38.3 Å². The maximum atomic E-state index is 12.8. The number of rotatable bonds is 5. The molecule has 34 heavy (non-hydrogen) atoms. The number of piperidine rings is 1. The van der Waals surface area contributed by atoms with Gasteiger partial charge in [0, 0.05) is 42.2 Å². The van der Waals surface area contributed by atoms with Crippen LogP contribution in [0, 0.1) is 0 Å². The van der Waals surface area contributed by atoms with Crippen LogP contribution in [0.15, 0.2) is 55.0 Å². The predicted molar refractivity (Wildman–Crippen MR) is 132 cm³/mol. The standard InChI is InChI=1S/C26H27N7O/c27-24-23-22(32-25(33(23)13-12-30-24)20-2-1-10-28-15-20)17-5-7-18(8-6-17)26(34)31-21-14-19(9-11-29-21)16-3-4-16/h5-9,11-14,16,20,28H,1-4,10,15H2,(H2,27,30)(H,29,31,34). The van der Waals surface area contributed by atoms with Gasteiger partial charge in [-0.3, -0.25) is 9.20 Å². The fourth-order valence-electron chi connectivity index (χ4n) is 4.80. The first-order valence-corrected chi connectivity index (χ1v) is 11.9. The van der Waals surface area contributed by atoms with Gasteiger partial charge >= 0.3 is 0 Å². The minimum absolute atomic E-state index is 0.183. The summed E-state index contributed by atoms with van der Waals surface area (Å²) >= 11 is 0. The number of nitrogens with two attached hydrogens (primary N) is 1. The van der Waals surface area contributed by atoms with Crippen LogP contribution in [0.1, 0.15) is 59.3 Å². The van der Waals surface area contributed by atoms with Crippen molar-refractivity contribution in [1.82, 2.24) is 24.7 Å². The Labute approximate surface area is 197 Å². The van der Waals surface area contributed by atoms with E-state index < -0.39 is 0 Å². The lowest BCUT2D eigenvalue weighted by Crippen LogP contribution is -2.29. The third-order valence-corrected chi connectivity index (χ3v) is 6.77. The fourth-order valence-corrected chi connectivity index (χ4v) is 4.80. The molecule has 0 spiro atoms. The molecule has 4 aromatic rings. The van der Waals surface area contributed by atoms with Crippen molar-refractivity contribution in [2.75, 3.05) is 24.1 Å². The zero-order valence-electron chi connectivity index (χ0n) is 18.9. The second-order valence-electron chi connectivity index (χ2n) is 9.17. The number of fused-ring (bicyclic) bond motifs is 1. The Morgan fingerprint density at radius 3 is 2.68 bits per heavy atom. The molecule has 4 N–H and O–H groups in total. The van der Waals surface area contributed by atoms with Gasteiger partial charge in [-0.2, -0.15) is 0 Å². The highest BCUT2D eigenvalue weighted by Gasteiger charge is 2.25. The van der Waals surface area contributed by atoms with Gasteiger partial charge in [0.15, 0.2) is 0 Å². The van der Waals surface area contributed by atoms with Crippen LogP contribution >= 0.6 is 0 Å². The summed E-state index contributed by atoms with van der Waals surface area (Å²) in [5, 5.41) is 6.38. The summed E-state index contributed by atoms with van der Waals surface area (Å²) in [6.45, 7) is 1.94. The molecule has 8 heteroatoms. The molecular formula is C26H27N7O. The van der Waals surface area contributed by atoms with Crippen LogP contribution in [0.2, 0.25) is 0 Å². The number of carbonyl (C=O) groups excluding carboxylic acids is 1. The number of anilines is 2. The number of pyridine rings is 1. The number of nitrogen functional groups attached to an aromatic ring is 1. The Morgan fingerprint density at radius 2 is 1.91 bits per heavy atom. The van der Waals surface area contributed by atoms with Crippen molar-refractivity contribution >= 4 is 23.1 Å². The Morgan fingerprint density at radius 1 is 1.06 bits per heavy atom. The minimum Gasteiger partial charge on any atom is -0.382 e. The molecular weight excluding hydrogens is 426 g/mol. The van der Waals surface area contributed by atoms with E-state index in [0.29, 0.717) is 29.0 Å². The molecule has 0 radical (unpaired) electrons. The molecule has 3 aromatic heterocycles. The summed E-state index contributed by atoms with van der Waals surface area (Å²) in [5.41, 5.74) is 10.6. The van der Waals surface area contributed by atoms with Crippen LogP contribution in [-0.2, 0) is 0 Å². The summed E-state index contributed by atoms with van der Waals surface area (Å²) in [7, 11) is 0. The molecule has 2 fully saturated rings. The maximum Gasteiger partial charge on any atom is 0.256 e. The van der Waals surface area contributed by atoms with E-state index in [0.717, 1.165) is 48.5 Å². The van der Waals surface area contributed by atoms with E-state index in [1.54, 1.807) is 12.4 Å². The van der Waals surface area contributed by atoms with E-state index in [9.17, 15) is 4.79 Å². The second-order valence-corrected chi connectivity index (χ2v) is 9.17. The monoisotopic (exact) mass is 453 g/mol. The molecule has 172 valence electrons. The van der Waals surface area contributed by atoms with Crippen molar-refractivity contribution in [2.45, 2.75) is 37.5 Å². The number of benzene rings is 1. The van der Waals surface area contributed by atoms with Gasteiger partial charge in [-0.1, -0.05) is 12.1 Å². The highest BCUT2D eigenvalue weighted by Crippen LogP contribution is 2.40. The molecule has 1 aromatic carbocycles. The average Bonchev–Trinajstić information content (AvgIpc) is 3.65. The van der Waals surface area contributed by atoms with Crippen LogP contribution in [0.4, 0.5) is 11.6 Å². The van der Waals surface area contributed by atoms with E-state index in [1.165, 1.54) is 18.4 Å². The van der Waals surface area contributed by atoms with Crippen LogP contribution in [0.5, 0.6) is 0 Å². The molecule has 8 nitrogen and oxygen atoms in total. The quantitative estimate of drug-likeness (QED) is 0.422. The van der Waals surface area contributed by atoms with E-state index >= 15 is 0 Å². The number of nitrogens with one attached hydrogen (secondary N) is 2. The Hall–Kier alpha value is -3.78. The smallest absolute Gasteiger partial charge is 0.256 e. The topological polar surface area (TPSA) is 110 Å². The zero-order chi connectivity index (χ0) is 23.1. The Bertz CT molecular complexity index is 1350. The van der Waals surface area contributed by atoms with E-state index in [1.807, 2.05) is 42.6 Å². The summed E-state index contributed by atoms with van der Waals surface area (Å²) in [4.78, 5) is 26.4. The Balaban J connectivity index is 1.28. The molecule has 0 bridgehead atoms. The van der Waals surface area contributed by atoms with Gasteiger partial charge < -0.3 is 16.4 Å². The molecule has 1 saturated heterocycles. The van der Waals surface area contributed by atoms with Crippen LogP contribution < -0.4 is 16.4 Å². The second kappa shape index (κ2) is 8.53. The fraction of sp³-hybridized carbons (Fsp3) is 0.308. The van der Waals surface area contributed by atoms with Crippen molar-refractivity contribution in [1.29, 1.82) is 0 Å². The summed E-state index contributed by atoms with van der Waals surface area (Å²) < 4.78 is 2.06. The van der Waals surface area contributed by atoms with Gasteiger partial charge in [-0.25, -0.2) is 15.0 Å². The lowest BCUT2D eigenvalue weighted by atomic mass is 9.99. The third-order valence-electron chi connectivity index (χ3n) is 6.77. The van der Waals surface area contributed by atoms with Crippen molar-refractivity contribution in [2.24, 2.45) is 0 Å². The van der Waals surface area contributed by atoms with E-state index in [-0.39, 0.29) is 5.91 Å². The number of nitrogens with zero attached hydrogens (tertiary/aromatic N) is 4. The first-order valence-electron chi connectivity index (χ1n) is 11.9.